The lowest BCUT2D eigenvalue weighted by Gasteiger charge is -2.01. The van der Waals surface area contributed by atoms with Crippen molar-refractivity contribution in [2.45, 2.75) is 6.92 Å². The molecule has 0 unspecified atom stereocenters. The van der Waals surface area contributed by atoms with Gasteiger partial charge in [0.15, 0.2) is 5.13 Å². The van der Waals surface area contributed by atoms with Gasteiger partial charge in [0.2, 0.25) is 5.91 Å². The Bertz CT molecular complexity index is 887. The highest BCUT2D eigenvalue weighted by Crippen LogP contribution is 2.31. The van der Waals surface area contributed by atoms with E-state index in [1.807, 2.05) is 43.3 Å². The number of nitrogens with zero attached hydrogens (tertiary/aromatic N) is 2. The molecule has 0 aliphatic heterocycles. The molecule has 6 heteroatoms. The van der Waals surface area contributed by atoms with Gasteiger partial charge >= 0.3 is 0 Å². The van der Waals surface area contributed by atoms with Gasteiger partial charge in [0.05, 0.1) is 12.8 Å². The highest BCUT2D eigenvalue weighted by molar-refractivity contribution is 7.16. The lowest BCUT2D eigenvalue weighted by atomic mass is 10.1. The van der Waals surface area contributed by atoms with E-state index in [4.69, 9.17) is 4.74 Å². The van der Waals surface area contributed by atoms with E-state index in [2.05, 4.69) is 15.3 Å². The number of pyridine rings is 1. The van der Waals surface area contributed by atoms with Crippen LogP contribution >= 0.6 is 11.3 Å². The quantitative estimate of drug-likeness (QED) is 0.701. The van der Waals surface area contributed by atoms with E-state index in [0.29, 0.717) is 5.13 Å². The van der Waals surface area contributed by atoms with Crippen molar-refractivity contribution in [3.05, 3.63) is 65.3 Å². The maximum atomic E-state index is 12.1. The molecule has 0 spiro atoms. The number of benzene rings is 1. The second-order valence-electron chi connectivity index (χ2n) is 5.26. The first-order chi connectivity index (χ1) is 12.2. The summed E-state index contributed by atoms with van der Waals surface area (Å²) in [6.45, 7) is 1.98. The number of hydrogen-bond acceptors (Lipinski definition) is 5. The van der Waals surface area contributed by atoms with Crippen molar-refractivity contribution in [3.63, 3.8) is 0 Å². The summed E-state index contributed by atoms with van der Waals surface area (Å²) in [6, 6.07) is 11.4. The molecule has 0 saturated heterocycles. The predicted molar refractivity (Wildman–Crippen MR) is 101 cm³/mol. The number of anilines is 1. The monoisotopic (exact) mass is 351 g/mol. The Kier molecular flexibility index (Phi) is 5.20. The third kappa shape index (κ3) is 4.30. The van der Waals surface area contributed by atoms with Gasteiger partial charge in [-0.2, -0.15) is 0 Å². The molecule has 126 valence electrons. The van der Waals surface area contributed by atoms with Gasteiger partial charge in [-0.05, 0) is 48.9 Å². The molecule has 2 aromatic heterocycles. The molecule has 0 aliphatic rings. The van der Waals surface area contributed by atoms with Gasteiger partial charge in [-0.25, -0.2) is 4.98 Å². The first-order valence-electron chi connectivity index (χ1n) is 7.66. The fourth-order valence-corrected chi connectivity index (χ4v) is 3.10. The molecule has 0 radical (unpaired) electrons. The Morgan fingerprint density at radius 3 is 2.72 bits per heavy atom. The number of hydrogen-bond donors (Lipinski definition) is 1. The molecule has 3 rings (SSSR count). The minimum Gasteiger partial charge on any atom is -0.497 e. The van der Waals surface area contributed by atoms with E-state index in [-0.39, 0.29) is 5.91 Å². The van der Waals surface area contributed by atoms with Gasteiger partial charge in [0.1, 0.15) is 5.75 Å². The number of thiazole rings is 1. The zero-order valence-electron chi connectivity index (χ0n) is 13.9. The van der Waals surface area contributed by atoms with Crippen molar-refractivity contribution in [2.75, 3.05) is 12.4 Å². The third-order valence-electron chi connectivity index (χ3n) is 3.50. The smallest absolute Gasteiger partial charge is 0.250 e. The fraction of sp³-hybridized carbons (Fsp3) is 0.105. The van der Waals surface area contributed by atoms with Crippen LogP contribution in [-0.4, -0.2) is 23.0 Å². The Morgan fingerprint density at radius 2 is 2.04 bits per heavy atom. The molecule has 25 heavy (non-hydrogen) atoms. The van der Waals surface area contributed by atoms with Crippen LogP contribution in [0.25, 0.3) is 17.3 Å². The number of carbonyl (C=O) groups is 1. The summed E-state index contributed by atoms with van der Waals surface area (Å²) in [5.41, 5.74) is 2.71. The van der Waals surface area contributed by atoms with Crippen LogP contribution in [0.3, 0.4) is 0 Å². The second kappa shape index (κ2) is 7.72. The van der Waals surface area contributed by atoms with Crippen molar-refractivity contribution in [1.29, 1.82) is 0 Å². The van der Waals surface area contributed by atoms with E-state index < -0.39 is 0 Å². The van der Waals surface area contributed by atoms with Gasteiger partial charge in [-0.1, -0.05) is 6.07 Å². The maximum Gasteiger partial charge on any atom is 0.250 e. The number of carbonyl (C=O) groups excluding carboxylic acids is 1. The van der Waals surface area contributed by atoms with Gasteiger partial charge < -0.3 is 4.74 Å². The second-order valence-corrected chi connectivity index (χ2v) is 6.46. The molecule has 0 bridgehead atoms. The Balaban J connectivity index is 1.71. The van der Waals surface area contributed by atoms with Crippen LogP contribution in [0.1, 0.15) is 10.4 Å². The van der Waals surface area contributed by atoms with E-state index in [9.17, 15) is 4.79 Å². The zero-order chi connectivity index (χ0) is 17.6. The molecule has 0 atom stereocenters. The SMILES string of the molecule is COc1ccc(-c2nc(NC(=O)C=Cc3cccnc3)sc2C)cc1. The topological polar surface area (TPSA) is 64.1 Å². The number of methoxy groups -OCH3 is 1. The van der Waals surface area contributed by atoms with Crippen molar-refractivity contribution in [2.24, 2.45) is 0 Å². The number of aromatic nitrogens is 2. The Hall–Kier alpha value is -2.99. The summed E-state index contributed by atoms with van der Waals surface area (Å²) in [7, 11) is 1.63. The summed E-state index contributed by atoms with van der Waals surface area (Å²) in [5.74, 6) is 0.574. The van der Waals surface area contributed by atoms with Crippen molar-refractivity contribution in [3.8, 4) is 17.0 Å². The van der Waals surface area contributed by atoms with Crippen molar-refractivity contribution >= 4 is 28.5 Å². The summed E-state index contributed by atoms with van der Waals surface area (Å²) in [5, 5.41) is 3.38. The standard InChI is InChI=1S/C19H17N3O2S/c1-13-18(15-6-8-16(24-2)9-7-15)22-19(25-13)21-17(23)10-5-14-4-3-11-20-12-14/h3-12H,1-2H3,(H,21,22,23). The highest BCUT2D eigenvalue weighted by Gasteiger charge is 2.11. The Labute approximate surface area is 150 Å². The Morgan fingerprint density at radius 1 is 1.24 bits per heavy atom. The van der Waals surface area contributed by atoms with Gasteiger partial charge in [-0.15, -0.1) is 11.3 Å². The summed E-state index contributed by atoms with van der Waals surface area (Å²) < 4.78 is 5.17. The minimum absolute atomic E-state index is 0.223. The largest absolute Gasteiger partial charge is 0.497 e. The normalized spacial score (nSPS) is 10.8. The molecular weight excluding hydrogens is 334 g/mol. The van der Waals surface area contributed by atoms with E-state index >= 15 is 0 Å². The van der Waals surface area contributed by atoms with Crippen LogP contribution in [0.2, 0.25) is 0 Å². The molecular formula is C19H17N3O2S. The summed E-state index contributed by atoms with van der Waals surface area (Å²) in [6.07, 6.45) is 6.57. The van der Waals surface area contributed by atoms with E-state index in [1.165, 1.54) is 17.4 Å². The van der Waals surface area contributed by atoms with Crippen LogP contribution in [0.15, 0.2) is 54.9 Å². The van der Waals surface area contributed by atoms with Gasteiger partial charge in [0.25, 0.3) is 0 Å². The van der Waals surface area contributed by atoms with Crippen LogP contribution in [0.5, 0.6) is 5.75 Å². The number of ether oxygens (including phenoxy) is 1. The lowest BCUT2D eigenvalue weighted by Crippen LogP contribution is -2.07. The molecule has 0 aliphatic carbocycles. The molecule has 1 amide bonds. The number of amides is 1. The molecule has 2 heterocycles. The first kappa shape index (κ1) is 16.9. The average molecular weight is 351 g/mol. The lowest BCUT2D eigenvalue weighted by molar-refractivity contribution is -0.111. The molecule has 5 nitrogen and oxygen atoms in total. The van der Waals surface area contributed by atoms with E-state index in [0.717, 1.165) is 27.4 Å². The van der Waals surface area contributed by atoms with Gasteiger partial charge in [-0.3, -0.25) is 15.1 Å². The van der Waals surface area contributed by atoms with Crippen LogP contribution in [-0.2, 0) is 4.79 Å². The van der Waals surface area contributed by atoms with Crippen molar-refractivity contribution in [1.82, 2.24) is 9.97 Å². The number of nitrogens with one attached hydrogen (secondary N) is 1. The molecule has 3 aromatic rings. The average Bonchev–Trinajstić information content (AvgIpc) is 3.01. The molecule has 0 fully saturated rings. The number of aryl methyl sites for hydroxylation is 1. The fourth-order valence-electron chi connectivity index (χ4n) is 2.26. The number of rotatable bonds is 5. The zero-order valence-corrected chi connectivity index (χ0v) is 14.7. The van der Waals surface area contributed by atoms with Gasteiger partial charge in [0, 0.05) is 28.9 Å². The molecule has 1 aromatic carbocycles. The summed E-state index contributed by atoms with van der Waals surface area (Å²) >= 11 is 1.45. The predicted octanol–water partition coefficient (Wildman–Crippen LogP) is 4.17. The maximum absolute atomic E-state index is 12.1. The van der Waals surface area contributed by atoms with Crippen molar-refractivity contribution < 1.29 is 9.53 Å². The highest BCUT2D eigenvalue weighted by atomic mass is 32.1. The van der Waals surface area contributed by atoms with E-state index in [1.54, 1.807) is 25.6 Å². The third-order valence-corrected chi connectivity index (χ3v) is 4.39. The van der Waals surface area contributed by atoms with Crippen LogP contribution in [0.4, 0.5) is 5.13 Å². The first-order valence-corrected chi connectivity index (χ1v) is 8.48. The molecule has 1 N–H and O–H groups in total. The minimum atomic E-state index is -0.223. The summed E-state index contributed by atoms with van der Waals surface area (Å²) in [4.78, 5) is 21.6. The van der Waals surface area contributed by atoms with Crippen LogP contribution < -0.4 is 10.1 Å². The molecule has 0 saturated carbocycles. The van der Waals surface area contributed by atoms with Crippen LogP contribution in [0, 0.1) is 6.92 Å².